The zero-order valence-electron chi connectivity index (χ0n) is 10.6. The third-order valence-electron chi connectivity index (χ3n) is 3.40. The van der Waals surface area contributed by atoms with Crippen molar-refractivity contribution in [2.75, 3.05) is 13.1 Å². The van der Waals surface area contributed by atoms with Gasteiger partial charge in [0.1, 0.15) is 0 Å². The number of aromatic amines is 1. The fourth-order valence-electron chi connectivity index (χ4n) is 2.56. The van der Waals surface area contributed by atoms with E-state index in [1.165, 1.54) is 36.3 Å². The van der Waals surface area contributed by atoms with Gasteiger partial charge in [0, 0.05) is 18.2 Å². The van der Waals surface area contributed by atoms with Crippen LogP contribution in [0.3, 0.4) is 0 Å². The van der Waals surface area contributed by atoms with Crippen LogP contribution in [-0.2, 0) is 6.42 Å². The monoisotopic (exact) mass is 221 g/mol. The maximum absolute atomic E-state index is 4.53. The number of H-pyrrole nitrogens is 1. The van der Waals surface area contributed by atoms with E-state index in [4.69, 9.17) is 0 Å². The van der Waals surface area contributed by atoms with Gasteiger partial charge in [-0.3, -0.25) is 5.10 Å². The molecule has 1 aromatic heterocycles. The van der Waals surface area contributed by atoms with E-state index in [1.54, 1.807) is 0 Å². The van der Waals surface area contributed by atoms with Crippen LogP contribution in [0.5, 0.6) is 0 Å². The summed E-state index contributed by atoms with van der Waals surface area (Å²) in [6.07, 6.45) is 3.70. The van der Waals surface area contributed by atoms with E-state index < -0.39 is 0 Å². The first-order valence-electron chi connectivity index (χ1n) is 6.43. The molecule has 90 valence electrons. The van der Waals surface area contributed by atoms with E-state index in [0.717, 1.165) is 13.0 Å². The fourth-order valence-corrected chi connectivity index (χ4v) is 2.56. The maximum atomic E-state index is 4.53. The Balaban J connectivity index is 2.18. The number of hydrogen-bond donors (Lipinski definition) is 2. The number of nitrogens with one attached hydrogen (secondary N) is 2. The topological polar surface area (TPSA) is 40.7 Å². The summed E-state index contributed by atoms with van der Waals surface area (Å²) >= 11 is 0. The summed E-state index contributed by atoms with van der Waals surface area (Å²) in [4.78, 5) is 0. The lowest BCUT2D eigenvalue weighted by Gasteiger charge is -2.22. The molecule has 1 aromatic rings. The molecule has 1 saturated heterocycles. The normalized spacial score (nSPS) is 21.6. The third kappa shape index (κ3) is 2.46. The van der Waals surface area contributed by atoms with E-state index in [1.807, 2.05) is 0 Å². The van der Waals surface area contributed by atoms with Crippen LogP contribution < -0.4 is 5.32 Å². The second-order valence-electron chi connectivity index (χ2n) is 5.35. The average Bonchev–Trinajstić information content (AvgIpc) is 2.61. The summed E-state index contributed by atoms with van der Waals surface area (Å²) in [6, 6.07) is 0. The highest BCUT2D eigenvalue weighted by molar-refractivity contribution is 5.28. The minimum atomic E-state index is 0.618. The largest absolute Gasteiger partial charge is 0.316 e. The Labute approximate surface area is 98.0 Å². The van der Waals surface area contributed by atoms with Crippen molar-refractivity contribution in [2.24, 2.45) is 5.92 Å². The highest BCUT2D eigenvalue weighted by atomic mass is 15.1. The van der Waals surface area contributed by atoms with E-state index in [2.05, 4.69) is 36.3 Å². The second-order valence-corrected chi connectivity index (χ2v) is 5.35. The molecule has 0 bridgehead atoms. The Hall–Kier alpha value is -0.830. The van der Waals surface area contributed by atoms with Gasteiger partial charge in [-0.1, -0.05) is 13.8 Å². The molecule has 2 N–H and O–H groups in total. The molecule has 1 aliphatic rings. The molecular weight excluding hydrogens is 198 g/mol. The van der Waals surface area contributed by atoms with Crippen molar-refractivity contribution in [2.45, 2.75) is 46.0 Å². The Morgan fingerprint density at radius 1 is 1.44 bits per heavy atom. The van der Waals surface area contributed by atoms with Crippen molar-refractivity contribution >= 4 is 0 Å². The van der Waals surface area contributed by atoms with Gasteiger partial charge in [0.05, 0.1) is 5.69 Å². The third-order valence-corrected chi connectivity index (χ3v) is 3.40. The number of aryl methyl sites for hydroxylation is 1. The first kappa shape index (κ1) is 11.6. The van der Waals surface area contributed by atoms with E-state index in [0.29, 0.717) is 11.8 Å². The van der Waals surface area contributed by atoms with Crippen LogP contribution in [0.2, 0.25) is 0 Å². The highest BCUT2D eigenvalue weighted by Crippen LogP contribution is 2.27. The second kappa shape index (κ2) is 5.00. The van der Waals surface area contributed by atoms with Crippen LogP contribution in [0.4, 0.5) is 0 Å². The van der Waals surface area contributed by atoms with E-state index in [9.17, 15) is 0 Å². The molecule has 0 amide bonds. The van der Waals surface area contributed by atoms with Crippen molar-refractivity contribution in [3.05, 3.63) is 17.0 Å². The quantitative estimate of drug-likeness (QED) is 0.822. The zero-order chi connectivity index (χ0) is 11.5. The van der Waals surface area contributed by atoms with Crippen LogP contribution in [0, 0.1) is 12.8 Å². The Morgan fingerprint density at radius 2 is 2.25 bits per heavy atom. The van der Waals surface area contributed by atoms with Gasteiger partial charge in [-0.2, -0.15) is 5.10 Å². The lowest BCUT2D eigenvalue weighted by Crippen LogP contribution is -2.29. The standard InChI is InChI=1S/C13H23N3/c1-9(2)7-12-10(3)15-16-13(12)11-5-4-6-14-8-11/h9,11,14H,4-8H2,1-3H3,(H,15,16). The summed E-state index contributed by atoms with van der Waals surface area (Å²) in [5, 5.41) is 11.2. The van der Waals surface area contributed by atoms with Crippen molar-refractivity contribution < 1.29 is 0 Å². The van der Waals surface area contributed by atoms with Gasteiger partial charge in [0.25, 0.3) is 0 Å². The zero-order valence-corrected chi connectivity index (χ0v) is 10.6. The van der Waals surface area contributed by atoms with Crippen LogP contribution in [0.15, 0.2) is 0 Å². The molecule has 2 rings (SSSR count). The van der Waals surface area contributed by atoms with Crippen LogP contribution >= 0.6 is 0 Å². The molecule has 1 unspecified atom stereocenters. The summed E-state index contributed by atoms with van der Waals surface area (Å²) in [5.41, 5.74) is 4.04. The predicted octanol–water partition coefficient (Wildman–Crippen LogP) is 2.38. The molecule has 0 saturated carbocycles. The summed E-state index contributed by atoms with van der Waals surface area (Å²) in [6.45, 7) is 8.95. The molecule has 3 nitrogen and oxygen atoms in total. The minimum absolute atomic E-state index is 0.618. The lowest BCUT2D eigenvalue weighted by atomic mass is 9.90. The molecule has 3 heteroatoms. The van der Waals surface area contributed by atoms with Gasteiger partial charge in [-0.15, -0.1) is 0 Å². The average molecular weight is 221 g/mol. The number of hydrogen-bond acceptors (Lipinski definition) is 2. The maximum Gasteiger partial charge on any atom is 0.0700 e. The van der Waals surface area contributed by atoms with E-state index >= 15 is 0 Å². The van der Waals surface area contributed by atoms with E-state index in [-0.39, 0.29) is 0 Å². The van der Waals surface area contributed by atoms with Crippen molar-refractivity contribution in [1.82, 2.24) is 15.5 Å². The van der Waals surface area contributed by atoms with Gasteiger partial charge >= 0.3 is 0 Å². The van der Waals surface area contributed by atoms with Crippen LogP contribution in [0.25, 0.3) is 0 Å². The van der Waals surface area contributed by atoms with Crippen LogP contribution in [-0.4, -0.2) is 23.3 Å². The molecule has 0 radical (unpaired) electrons. The highest BCUT2D eigenvalue weighted by Gasteiger charge is 2.22. The van der Waals surface area contributed by atoms with Crippen molar-refractivity contribution in [1.29, 1.82) is 0 Å². The molecule has 0 aromatic carbocycles. The fraction of sp³-hybridized carbons (Fsp3) is 0.769. The number of aromatic nitrogens is 2. The minimum Gasteiger partial charge on any atom is -0.316 e. The predicted molar refractivity (Wildman–Crippen MR) is 66.7 cm³/mol. The van der Waals surface area contributed by atoms with Gasteiger partial charge in [0.2, 0.25) is 0 Å². The Bertz CT molecular complexity index is 335. The molecule has 1 fully saturated rings. The van der Waals surface area contributed by atoms with Gasteiger partial charge in [-0.05, 0) is 44.2 Å². The summed E-state index contributed by atoms with van der Waals surface area (Å²) < 4.78 is 0. The molecule has 1 atom stereocenters. The lowest BCUT2D eigenvalue weighted by molar-refractivity contribution is 0.450. The molecule has 2 heterocycles. The number of piperidine rings is 1. The molecule has 1 aliphatic heterocycles. The van der Waals surface area contributed by atoms with Gasteiger partial charge in [-0.25, -0.2) is 0 Å². The molecule has 0 aliphatic carbocycles. The van der Waals surface area contributed by atoms with Crippen molar-refractivity contribution in [3.63, 3.8) is 0 Å². The molecular formula is C13H23N3. The summed E-state index contributed by atoms with van der Waals surface area (Å²) in [7, 11) is 0. The smallest absolute Gasteiger partial charge is 0.0700 e. The van der Waals surface area contributed by atoms with Crippen molar-refractivity contribution in [3.8, 4) is 0 Å². The molecule has 16 heavy (non-hydrogen) atoms. The first-order valence-corrected chi connectivity index (χ1v) is 6.43. The SMILES string of the molecule is Cc1[nH]nc(C2CCCNC2)c1CC(C)C. The van der Waals surface area contributed by atoms with Crippen LogP contribution in [0.1, 0.15) is 49.6 Å². The summed E-state index contributed by atoms with van der Waals surface area (Å²) in [5.74, 6) is 1.32. The number of rotatable bonds is 3. The number of nitrogens with zero attached hydrogens (tertiary/aromatic N) is 1. The Morgan fingerprint density at radius 3 is 2.88 bits per heavy atom. The molecule has 0 spiro atoms. The van der Waals surface area contributed by atoms with Gasteiger partial charge in [0.15, 0.2) is 0 Å². The first-order chi connectivity index (χ1) is 7.68. The van der Waals surface area contributed by atoms with Gasteiger partial charge < -0.3 is 5.32 Å². The Kier molecular flexibility index (Phi) is 3.64.